The Balaban J connectivity index is 1.75. The van der Waals surface area contributed by atoms with E-state index in [9.17, 15) is 4.79 Å². The Morgan fingerprint density at radius 2 is 2.24 bits per heavy atom. The van der Waals surface area contributed by atoms with E-state index in [1.165, 1.54) is 5.69 Å². The smallest absolute Gasteiger partial charge is 0.220 e. The maximum atomic E-state index is 11.0. The van der Waals surface area contributed by atoms with Gasteiger partial charge in [0.1, 0.15) is 0 Å². The molecule has 17 heavy (non-hydrogen) atoms. The summed E-state index contributed by atoms with van der Waals surface area (Å²) in [5.74, 6) is -0.0557. The van der Waals surface area contributed by atoms with Gasteiger partial charge in [-0.25, -0.2) is 4.98 Å². The highest BCUT2D eigenvalue weighted by Crippen LogP contribution is 2.24. The molecule has 2 rings (SSSR count). The predicted molar refractivity (Wildman–Crippen MR) is 65.0 cm³/mol. The third kappa shape index (κ3) is 3.06. The number of aryl methyl sites for hydroxylation is 1. The molecule has 0 aliphatic heterocycles. The molecule has 1 aliphatic carbocycles. The van der Waals surface area contributed by atoms with Crippen molar-refractivity contribution in [1.82, 2.24) is 14.9 Å². The first-order chi connectivity index (χ1) is 8.16. The lowest BCUT2D eigenvalue weighted by molar-refractivity contribution is -0.122. The van der Waals surface area contributed by atoms with E-state index in [1.54, 1.807) is 6.33 Å². The number of hydrogen-bond donors (Lipinski definition) is 2. The van der Waals surface area contributed by atoms with Crippen LogP contribution in [-0.4, -0.2) is 21.5 Å². The fourth-order valence-corrected chi connectivity index (χ4v) is 2.39. The van der Waals surface area contributed by atoms with Gasteiger partial charge < -0.3 is 15.6 Å². The lowest BCUT2D eigenvalue weighted by Gasteiger charge is -2.27. The molecule has 5 nitrogen and oxygen atoms in total. The van der Waals surface area contributed by atoms with Crippen LogP contribution in [-0.2, 0) is 18.4 Å². The third-order valence-corrected chi connectivity index (χ3v) is 3.62. The van der Waals surface area contributed by atoms with E-state index in [0.29, 0.717) is 6.04 Å². The Kier molecular flexibility index (Phi) is 3.78. The fraction of sp³-hybridized carbons (Fsp3) is 0.667. The van der Waals surface area contributed by atoms with Crippen molar-refractivity contribution in [2.24, 2.45) is 18.7 Å². The highest BCUT2D eigenvalue weighted by Gasteiger charge is 2.24. The lowest BCUT2D eigenvalue weighted by Crippen LogP contribution is -2.36. The highest BCUT2D eigenvalue weighted by molar-refractivity contribution is 5.76. The average molecular weight is 236 g/mol. The number of rotatable bonds is 4. The summed E-state index contributed by atoms with van der Waals surface area (Å²) in [6, 6.07) is 0.500. The topological polar surface area (TPSA) is 72.9 Å². The first-order valence-electron chi connectivity index (χ1n) is 6.14. The van der Waals surface area contributed by atoms with E-state index in [4.69, 9.17) is 5.73 Å². The van der Waals surface area contributed by atoms with E-state index >= 15 is 0 Å². The van der Waals surface area contributed by atoms with Gasteiger partial charge in [-0.2, -0.15) is 0 Å². The van der Waals surface area contributed by atoms with Gasteiger partial charge in [-0.3, -0.25) is 4.79 Å². The molecule has 0 atom stereocenters. The van der Waals surface area contributed by atoms with Gasteiger partial charge in [0.2, 0.25) is 5.91 Å². The zero-order chi connectivity index (χ0) is 12.3. The molecule has 1 aromatic rings. The summed E-state index contributed by atoms with van der Waals surface area (Å²) in [6.07, 6.45) is 7.58. The van der Waals surface area contributed by atoms with E-state index in [2.05, 4.69) is 10.3 Å². The van der Waals surface area contributed by atoms with Gasteiger partial charge in [0.25, 0.3) is 0 Å². The molecule has 1 aromatic heterocycles. The number of nitrogens with one attached hydrogen (secondary N) is 1. The molecule has 1 aliphatic rings. The van der Waals surface area contributed by atoms with Gasteiger partial charge in [0.05, 0.1) is 12.0 Å². The number of hydrogen-bond acceptors (Lipinski definition) is 3. The first kappa shape index (κ1) is 12.1. The number of aromatic nitrogens is 2. The van der Waals surface area contributed by atoms with E-state index < -0.39 is 0 Å². The Labute approximate surface area is 101 Å². The van der Waals surface area contributed by atoms with Gasteiger partial charge in [0.15, 0.2) is 0 Å². The second-order valence-corrected chi connectivity index (χ2v) is 4.83. The quantitative estimate of drug-likeness (QED) is 0.802. The highest BCUT2D eigenvalue weighted by atomic mass is 16.1. The summed E-state index contributed by atoms with van der Waals surface area (Å²) in [7, 11) is 1.99. The van der Waals surface area contributed by atoms with Crippen molar-refractivity contribution in [3.63, 3.8) is 0 Å². The molecule has 0 radical (unpaired) electrons. The van der Waals surface area contributed by atoms with Crippen LogP contribution in [0.1, 0.15) is 31.4 Å². The van der Waals surface area contributed by atoms with Gasteiger partial charge >= 0.3 is 0 Å². The van der Waals surface area contributed by atoms with E-state index in [0.717, 1.165) is 32.2 Å². The molecular weight excluding hydrogens is 216 g/mol. The summed E-state index contributed by atoms with van der Waals surface area (Å²) in [4.78, 5) is 15.1. The number of imidazole rings is 1. The number of nitrogens with zero attached hydrogens (tertiary/aromatic N) is 2. The van der Waals surface area contributed by atoms with Crippen molar-refractivity contribution in [2.75, 3.05) is 0 Å². The van der Waals surface area contributed by atoms with Crippen molar-refractivity contribution < 1.29 is 4.79 Å². The molecular formula is C12H20N4O. The van der Waals surface area contributed by atoms with E-state index in [-0.39, 0.29) is 11.8 Å². The minimum absolute atomic E-state index is 0.0877. The molecule has 3 N–H and O–H groups in total. The Morgan fingerprint density at radius 1 is 1.53 bits per heavy atom. The monoisotopic (exact) mass is 236 g/mol. The van der Waals surface area contributed by atoms with Crippen LogP contribution in [0.2, 0.25) is 0 Å². The molecule has 0 aromatic carbocycles. The first-order valence-corrected chi connectivity index (χ1v) is 6.14. The Morgan fingerprint density at radius 3 is 2.76 bits per heavy atom. The third-order valence-electron chi connectivity index (χ3n) is 3.62. The molecule has 0 unspecified atom stereocenters. The predicted octanol–water partition coefficient (Wildman–Crippen LogP) is 0.554. The maximum Gasteiger partial charge on any atom is 0.220 e. The minimum Gasteiger partial charge on any atom is -0.369 e. The SMILES string of the molecule is Cn1cncc1CNC1CCC(C(N)=O)CC1. The van der Waals surface area contributed by atoms with E-state index in [1.807, 2.05) is 17.8 Å². The summed E-state index contributed by atoms with van der Waals surface area (Å²) in [5, 5.41) is 3.51. The van der Waals surface area contributed by atoms with Crippen LogP contribution in [0.5, 0.6) is 0 Å². The van der Waals surface area contributed by atoms with Crippen molar-refractivity contribution in [3.8, 4) is 0 Å². The lowest BCUT2D eigenvalue weighted by atomic mass is 9.85. The molecule has 1 amide bonds. The normalized spacial score (nSPS) is 24.8. The van der Waals surface area contributed by atoms with Crippen LogP contribution in [0, 0.1) is 5.92 Å². The average Bonchev–Trinajstić information content (AvgIpc) is 2.73. The Hall–Kier alpha value is -1.36. The number of carbonyl (C=O) groups excluding carboxylic acids is 1. The number of amides is 1. The Bertz CT molecular complexity index is 380. The fourth-order valence-electron chi connectivity index (χ4n) is 2.39. The minimum atomic E-state index is -0.143. The molecule has 1 fully saturated rings. The van der Waals surface area contributed by atoms with Crippen molar-refractivity contribution in [3.05, 3.63) is 18.2 Å². The number of nitrogens with two attached hydrogens (primary N) is 1. The van der Waals surface area contributed by atoms with Crippen molar-refractivity contribution in [2.45, 2.75) is 38.3 Å². The summed E-state index contributed by atoms with van der Waals surface area (Å²) < 4.78 is 2.02. The number of primary amides is 1. The van der Waals surface area contributed by atoms with Crippen LogP contribution in [0.4, 0.5) is 0 Å². The van der Waals surface area contributed by atoms with Crippen LogP contribution >= 0.6 is 0 Å². The molecule has 5 heteroatoms. The van der Waals surface area contributed by atoms with Gasteiger partial charge in [-0.05, 0) is 25.7 Å². The van der Waals surface area contributed by atoms with Gasteiger partial charge in [0, 0.05) is 31.7 Å². The molecule has 0 saturated heterocycles. The molecule has 0 bridgehead atoms. The zero-order valence-electron chi connectivity index (χ0n) is 10.2. The largest absolute Gasteiger partial charge is 0.369 e. The second-order valence-electron chi connectivity index (χ2n) is 4.83. The van der Waals surface area contributed by atoms with Crippen molar-refractivity contribution >= 4 is 5.91 Å². The number of carbonyl (C=O) groups is 1. The summed E-state index contributed by atoms with van der Waals surface area (Å²) in [5.41, 5.74) is 6.50. The maximum absolute atomic E-state index is 11.0. The molecule has 1 saturated carbocycles. The molecule has 1 heterocycles. The van der Waals surface area contributed by atoms with Gasteiger partial charge in [-0.15, -0.1) is 0 Å². The van der Waals surface area contributed by atoms with Crippen molar-refractivity contribution in [1.29, 1.82) is 0 Å². The van der Waals surface area contributed by atoms with Crippen LogP contribution in [0.15, 0.2) is 12.5 Å². The van der Waals surface area contributed by atoms with Crippen LogP contribution in [0.3, 0.4) is 0 Å². The van der Waals surface area contributed by atoms with Crippen LogP contribution in [0.25, 0.3) is 0 Å². The van der Waals surface area contributed by atoms with Gasteiger partial charge in [-0.1, -0.05) is 0 Å². The molecule has 0 spiro atoms. The summed E-state index contributed by atoms with van der Waals surface area (Å²) >= 11 is 0. The van der Waals surface area contributed by atoms with Crippen LogP contribution < -0.4 is 11.1 Å². The second kappa shape index (κ2) is 5.31. The summed E-state index contributed by atoms with van der Waals surface area (Å²) in [6.45, 7) is 0.836. The molecule has 94 valence electrons. The zero-order valence-corrected chi connectivity index (χ0v) is 10.2. The standard InChI is InChI=1S/C12H20N4O/c1-16-8-14-6-11(16)7-15-10-4-2-9(3-5-10)12(13)17/h6,8-10,15H,2-5,7H2,1H3,(H2,13,17).